The molecule has 1 N–H and O–H groups in total. The van der Waals surface area contributed by atoms with Crippen molar-refractivity contribution in [2.45, 2.75) is 26.8 Å². The summed E-state index contributed by atoms with van der Waals surface area (Å²) in [4.78, 5) is 0. The number of benzene rings is 2. The average Bonchev–Trinajstić information content (AvgIpc) is 2.41. The highest BCUT2D eigenvalue weighted by molar-refractivity contribution is 9.10. The van der Waals surface area contributed by atoms with Crippen LogP contribution in [0, 0.1) is 6.92 Å². The molecule has 2 heteroatoms. The van der Waals surface area contributed by atoms with E-state index in [-0.39, 0.29) is 0 Å². The summed E-state index contributed by atoms with van der Waals surface area (Å²) < 4.78 is 1.15. The van der Waals surface area contributed by atoms with Crippen LogP contribution in [-0.2, 0) is 13.0 Å². The number of aryl methyl sites for hydroxylation is 1. The molecule has 0 spiro atoms. The molecule has 1 nitrogen and oxygen atoms in total. The normalized spacial score (nSPS) is 10.4. The van der Waals surface area contributed by atoms with Crippen molar-refractivity contribution >= 4 is 21.6 Å². The van der Waals surface area contributed by atoms with Gasteiger partial charge in [-0.25, -0.2) is 0 Å². The molecule has 0 fully saturated rings. The molecule has 0 aliphatic heterocycles. The van der Waals surface area contributed by atoms with Crippen LogP contribution in [0.2, 0.25) is 0 Å². The highest BCUT2D eigenvalue weighted by atomic mass is 79.9. The number of rotatable bonds is 4. The summed E-state index contributed by atoms with van der Waals surface area (Å²) in [7, 11) is 0. The van der Waals surface area contributed by atoms with E-state index in [1.807, 2.05) is 0 Å². The third-order valence-corrected chi connectivity index (χ3v) is 4.10. The van der Waals surface area contributed by atoms with E-state index in [4.69, 9.17) is 0 Å². The maximum atomic E-state index is 3.56. The Morgan fingerprint density at radius 2 is 1.72 bits per heavy atom. The van der Waals surface area contributed by atoms with Gasteiger partial charge >= 0.3 is 0 Å². The quantitative estimate of drug-likeness (QED) is 0.844. The van der Waals surface area contributed by atoms with Gasteiger partial charge in [0.25, 0.3) is 0 Å². The molecule has 0 aliphatic carbocycles. The predicted octanol–water partition coefficient (Wildman–Crippen LogP) is 4.93. The smallest absolute Gasteiger partial charge is 0.0403 e. The summed E-state index contributed by atoms with van der Waals surface area (Å²) >= 11 is 3.56. The molecule has 0 saturated heterocycles. The van der Waals surface area contributed by atoms with Crippen molar-refractivity contribution in [2.24, 2.45) is 0 Å². The zero-order valence-electron chi connectivity index (χ0n) is 10.8. The second kappa shape index (κ2) is 6.05. The van der Waals surface area contributed by atoms with Crippen molar-refractivity contribution in [3.63, 3.8) is 0 Å². The Kier molecular flexibility index (Phi) is 4.43. The number of anilines is 1. The zero-order valence-corrected chi connectivity index (χ0v) is 12.4. The second-order valence-corrected chi connectivity index (χ2v) is 5.24. The molecular weight excluding hydrogens is 286 g/mol. The molecule has 0 aromatic heterocycles. The van der Waals surface area contributed by atoms with Crippen LogP contribution in [0.4, 0.5) is 5.69 Å². The minimum atomic E-state index is 0.876. The van der Waals surface area contributed by atoms with Crippen LogP contribution in [0.5, 0.6) is 0 Å². The van der Waals surface area contributed by atoms with Gasteiger partial charge in [0.1, 0.15) is 0 Å². The molecule has 2 rings (SSSR count). The molecule has 0 unspecified atom stereocenters. The lowest BCUT2D eigenvalue weighted by atomic mass is 10.1. The minimum absolute atomic E-state index is 0.876. The van der Waals surface area contributed by atoms with Gasteiger partial charge in [0.05, 0.1) is 0 Å². The molecule has 18 heavy (non-hydrogen) atoms. The van der Waals surface area contributed by atoms with Crippen molar-refractivity contribution in [3.05, 3.63) is 63.6 Å². The lowest BCUT2D eigenvalue weighted by Crippen LogP contribution is -2.03. The van der Waals surface area contributed by atoms with E-state index in [1.54, 1.807) is 0 Å². The first-order valence-electron chi connectivity index (χ1n) is 6.28. The molecule has 0 amide bonds. The van der Waals surface area contributed by atoms with E-state index in [2.05, 4.69) is 77.6 Å². The Labute approximate surface area is 117 Å². The first-order valence-corrected chi connectivity index (χ1v) is 7.07. The fourth-order valence-electron chi connectivity index (χ4n) is 2.06. The second-order valence-electron chi connectivity index (χ2n) is 4.39. The van der Waals surface area contributed by atoms with Gasteiger partial charge in [0.2, 0.25) is 0 Å². The predicted molar refractivity (Wildman–Crippen MR) is 82.0 cm³/mol. The monoisotopic (exact) mass is 303 g/mol. The molecule has 2 aromatic rings. The van der Waals surface area contributed by atoms with Gasteiger partial charge < -0.3 is 5.32 Å². The van der Waals surface area contributed by atoms with Gasteiger partial charge in [0.15, 0.2) is 0 Å². The molecule has 0 atom stereocenters. The Bertz CT molecular complexity index is 534. The first-order chi connectivity index (χ1) is 8.72. The maximum absolute atomic E-state index is 3.56. The van der Waals surface area contributed by atoms with E-state index in [1.165, 1.54) is 22.4 Å². The fraction of sp³-hybridized carbons (Fsp3) is 0.250. The van der Waals surface area contributed by atoms with Crippen molar-refractivity contribution in [3.8, 4) is 0 Å². The lowest BCUT2D eigenvalue weighted by Gasteiger charge is -2.13. The van der Waals surface area contributed by atoms with Gasteiger partial charge in [-0.3, -0.25) is 0 Å². The van der Waals surface area contributed by atoms with E-state index in [9.17, 15) is 0 Å². The van der Waals surface area contributed by atoms with Crippen LogP contribution in [0.25, 0.3) is 0 Å². The van der Waals surface area contributed by atoms with E-state index >= 15 is 0 Å². The molecule has 0 bridgehead atoms. The van der Waals surface area contributed by atoms with E-state index in [0.29, 0.717) is 0 Å². The van der Waals surface area contributed by atoms with Gasteiger partial charge in [0, 0.05) is 16.7 Å². The fourth-order valence-corrected chi connectivity index (χ4v) is 2.43. The van der Waals surface area contributed by atoms with Crippen LogP contribution in [0.15, 0.2) is 46.9 Å². The van der Waals surface area contributed by atoms with Crippen LogP contribution >= 0.6 is 15.9 Å². The number of hydrogen-bond acceptors (Lipinski definition) is 1. The minimum Gasteiger partial charge on any atom is -0.381 e. The largest absolute Gasteiger partial charge is 0.381 e. The summed E-state index contributed by atoms with van der Waals surface area (Å²) in [5.41, 5.74) is 5.23. The van der Waals surface area contributed by atoms with Gasteiger partial charge in [-0.05, 0) is 42.2 Å². The first kappa shape index (κ1) is 13.2. The van der Waals surface area contributed by atoms with Gasteiger partial charge in [-0.1, -0.05) is 53.2 Å². The number of halogens is 1. The Balaban J connectivity index is 2.14. The standard InChI is InChI=1S/C16H18BrN/c1-3-13-7-4-5-8-14(13)11-18-16-10-6-9-15(17)12(16)2/h4-10,18H,3,11H2,1-2H3. The molecule has 0 heterocycles. The van der Waals surface area contributed by atoms with Gasteiger partial charge in [-0.15, -0.1) is 0 Å². The third kappa shape index (κ3) is 2.94. The number of hydrogen-bond donors (Lipinski definition) is 1. The average molecular weight is 304 g/mol. The van der Waals surface area contributed by atoms with Crippen molar-refractivity contribution in [2.75, 3.05) is 5.32 Å². The lowest BCUT2D eigenvalue weighted by molar-refractivity contribution is 1.04. The topological polar surface area (TPSA) is 12.0 Å². The summed E-state index contributed by atoms with van der Waals surface area (Å²) in [6.07, 6.45) is 1.08. The highest BCUT2D eigenvalue weighted by Crippen LogP contribution is 2.24. The van der Waals surface area contributed by atoms with Crippen molar-refractivity contribution in [1.82, 2.24) is 0 Å². The zero-order chi connectivity index (χ0) is 13.0. The Hall–Kier alpha value is -1.28. The SMILES string of the molecule is CCc1ccccc1CNc1cccc(Br)c1C. The highest BCUT2D eigenvalue weighted by Gasteiger charge is 2.03. The maximum Gasteiger partial charge on any atom is 0.0403 e. The molecule has 0 saturated carbocycles. The molecule has 2 aromatic carbocycles. The van der Waals surface area contributed by atoms with Crippen molar-refractivity contribution in [1.29, 1.82) is 0 Å². The third-order valence-electron chi connectivity index (χ3n) is 3.24. The molecule has 94 valence electrons. The Morgan fingerprint density at radius 1 is 1.00 bits per heavy atom. The summed E-state index contributed by atoms with van der Waals surface area (Å²) in [5.74, 6) is 0. The van der Waals surface area contributed by atoms with Crippen molar-refractivity contribution < 1.29 is 0 Å². The number of nitrogens with one attached hydrogen (secondary N) is 1. The molecular formula is C16H18BrN. The summed E-state index contributed by atoms with van der Waals surface area (Å²) in [5, 5.41) is 3.51. The summed E-state index contributed by atoms with van der Waals surface area (Å²) in [6, 6.07) is 14.8. The molecule has 0 aliphatic rings. The van der Waals surface area contributed by atoms with Crippen LogP contribution < -0.4 is 5.32 Å². The van der Waals surface area contributed by atoms with Gasteiger partial charge in [-0.2, -0.15) is 0 Å². The molecule has 0 radical (unpaired) electrons. The Morgan fingerprint density at radius 3 is 2.44 bits per heavy atom. The van der Waals surface area contributed by atoms with Crippen LogP contribution in [-0.4, -0.2) is 0 Å². The van der Waals surface area contributed by atoms with E-state index in [0.717, 1.165) is 17.4 Å². The van der Waals surface area contributed by atoms with Crippen LogP contribution in [0.3, 0.4) is 0 Å². The van der Waals surface area contributed by atoms with Crippen LogP contribution in [0.1, 0.15) is 23.6 Å². The van der Waals surface area contributed by atoms with E-state index < -0.39 is 0 Å². The summed E-state index contributed by atoms with van der Waals surface area (Å²) in [6.45, 7) is 5.20.